The Morgan fingerprint density at radius 3 is 2.40 bits per heavy atom. The van der Waals surface area contributed by atoms with Gasteiger partial charge in [-0.25, -0.2) is 0 Å². The lowest BCUT2D eigenvalue weighted by atomic mass is 10.2. The summed E-state index contributed by atoms with van der Waals surface area (Å²) < 4.78 is 0. The fourth-order valence-corrected chi connectivity index (χ4v) is 1.51. The summed E-state index contributed by atoms with van der Waals surface area (Å²) in [6.45, 7) is 8.32. The van der Waals surface area contributed by atoms with Crippen molar-refractivity contribution in [1.82, 2.24) is 4.98 Å². The van der Waals surface area contributed by atoms with Crippen molar-refractivity contribution in [1.29, 1.82) is 0 Å². The topological polar surface area (TPSA) is 33.1 Å². The van der Waals surface area contributed by atoms with E-state index in [0.29, 0.717) is 5.69 Å². The smallest absolute Gasteiger partial charge is 0.129 e. The number of hydrogen-bond donors (Lipinski definition) is 1. The van der Waals surface area contributed by atoms with Gasteiger partial charge in [0.05, 0.1) is 11.8 Å². The van der Waals surface area contributed by atoms with Gasteiger partial charge >= 0.3 is 0 Å². The Morgan fingerprint density at radius 2 is 2.00 bits per heavy atom. The zero-order chi connectivity index (χ0) is 11.5. The molecule has 1 unspecified atom stereocenters. The molecule has 15 heavy (non-hydrogen) atoms. The summed E-state index contributed by atoms with van der Waals surface area (Å²) in [7, 11) is -1.31. The zero-order valence-electron chi connectivity index (χ0n) is 9.70. The van der Waals surface area contributed by atoms with Gasteiger partial charge in [0.1, 0.15) is 8.07 Å². The van der Waals surface area contributed by atoms with Crippen molar-refractivity contribution in [3.8, 4) is 11.5 Å². The molecule has 0 aliphatic heterocycles. The van der Waals surface area contributed by atoms with Crippen LogP contribution in [0.15, 0.2) is 18.3 Å². The van der Waals surface area contributed by atoms with Crippen molar-refractivity contribution in [3.05, 3.63) is 29.6 Å². The van der Waals surface area contributed by atoms with Crippen LogP contribution in [0, 0.1) is 11.5 Å². The van der Waals surface area contributed by atoms with Crippen LogP contribution in [0.3, 0.4) is 0 Å². The molecular weight excluding hydrogens is 202 g/mol. The van der Waals surface area contributed by atoms with Crippen LogP contribution in [-0.4, -0.2) is 18.2 Å². The minimum absolute atomic E-state index is 0.510. The lowest BCUT2D eigenvalue weighted by molar-refractivity contribution is 0.194. The van der Waals surface area contributed by atoms with Crippen LogP contribution in [0.4, 0.5) is 0 Å². The molecule has 0 aliphatic rings. The third kappa shape index (κ3) is 4.28. The van der Waals surface area contributed by atoms with Gasteiger partial charge in [-0.1, -0.05) is 25.6 Å². The molecule has 0 saturated carbocycles. The fraction of sp³-hybridized carbons (Fsp3) is 0.417. The molecule has 0 fully saturated rings. The Labute approximate surface area is 92.4 Å². The van der Waals surface area contributed by atoms with Crippen molar-refractivity contribution in [3.63, 3.8) is 0 Å². The summed E-state index contributed by atoms with van der Waals surface area (Å²) in [5, 5.41) is 9.28. The van der Waals surface area contributed by atoms with E-state index in [1.807, 2.05) is 12.1 Å². The molecule has 0 spiro atoms. The van der Waals surface area contributed by atoms with E-state index in [9.17, 15) is 5.11 Å². The Morgan fingerprint density at radius 1 is 1.33 bits per heavy atom. The second-order valence-corrected chi connectivity index (χ2v) is 9.40. The van der Waals surface area contributed by atoms with Crippen LogP contribution in [-0.2, 0) is 0 Å². The second kappa shape index (κ2) is 4.60. The van der Waals surface area contributed by atoms with E-state index in [2.05, 4.69) is 36.1 Å². The SMILES string of the molecule is CC(O)c1ccc(C#C[Si](C)(C)C)cn1. The Balaban J connectivity index is 2.85. The van der Waals surface area contributed by atoms with Crippen LogP contribution < -0.4 is 0 Å². The number of nitrogens with zero attached hydrogens (tertiary/aromatic N) is 1. The van der Waals surface area contributed by atoms with Crippen molar-refractivity contribution in [2.75, 3.05) is 0 Å². The molecule has 1 atom stereocenters. The highest BCUT2D eigenvalue weighted by molar-refractivity contribution is 6.83. The quantitative estimate of drug-likeness (QED) is 0.581. The molecule has 2 nitrogen and oxygen atoms in total. The van der Waals surface area contributed by atoms with Crippen molar-refractivity contribution in [2.24, 2.45) is 0 Å². The molecule has 1 aromatic rings. The van der Waals surface area contributed by atoms with Crippen LogP contribution in [0.1, 0.15) is 24.3 Å². The lowest BCUT2D eigenvalue weighted by Gasteiger charge is -2.04. The molecule has 3 heteroatoms. The van der Waals surface area contributed by atoms with E-state index >= 15 is 0 Å². The predicted octanol–water partition coefficient (Wildman–Crippen LogP) is 2.36. The van der Waals surface area contributed by atoms with E-state index in [1.165, 1.54) is 0 Å². The number of aliphatic hydroxyl groups excluding tert-OH is 1. The van der Waals surface area contributed by atoms with Crippen LogP contribution >= 0.6 is 0 Å². The normalized spacial score (nSPS) is 12.9. The van der Waals surface area contributed by atoms with Crippen LogP contribution in [0.5, 0.6) is 0 Å². The molecule has 0 aromatic carbocycles. The van der Waals surface area contributed by atoms with Crippen LogP contribution in [0.25, 0.3) is 0 Å². The first-order valence-corrected chi connectivity index (χ1v) is 8.56. The van der Waals surface area contributed by atoms with Crippen molar-refractivity contribution in [2.45, 2.75) is 32.7 Å². The highest BCUT2D eigenvalue weighted by Crippen LogP contribution is 2.08. The third-order valence-electron chi connectivity index (χ3n) is 1.80. The van der Waals surface area contributed by atoms with Gasteiger partial charge < -0.3 is 5.11 Å². The molecule has 80 valence electrons. The predicted molar refractivity (Wildman–Crippen MR) is 65.1 cm³/mol. The molecule has 1 aromatic heterocycles. The number of hydrogen-bond acceptors (Lipinski definition) is 2. The minimum Gasteiger partial charge on any atom is -0.387 e. The summed E-state index contributed by atoms with van der Waals surface area (Å²) in [4.78, 5) is 4.14. The first-order chi connectivity index (χ1) is 6.88. The largest absolute Gasteiger partial charge is 0.387 e. The lowest BCUT2D eigenvalue weighted by Crippen LogP contribution is -2.16. The number of aliphatic hydroxyl groups is 1. The Bertz CT molecular complexity index is 379. The first-order valence-electron chi connectivity index (χ1n) is 5.06. The second-order valence-electron chi connectivity index (χ2n) is 4.65. The van der Waals surface area contributed by atoms with Gasteiger partial charge in [-0.3, -0.25) is 4.98 Å². The van der Waals surface area contributed by atoms with Gasteiger partial charge in [0.25, 0.3) is 0 Å². The van der Waals surface area contributed by atoms with E-state index in [-0.39, 0.29) is 0 Å². The van der Waals surface area contributed by atoms with Gasteiger partial charge in [-0.15, -0.1) is 5.54 Å². The summed E-state index contributed by atoms with van der Waals surface area (Å²) in [6.07, 6.45) is 1.21. The average molecular weight is 219 g/mol. The zero-order valence-corrected chi connectivity index (χ0v) is 10.7. The van der Waals surface area contributed by atoms with Gasteiger partial charge in [0.2, 0.25) is 0 Å². The molecule has 1 heterocycles. The van der Waals surface area contributed by atoms with Gasteiger partial charge in [-0.2, -0.15) is 0 Å². The fourth-order valence-electron chi connectivity index (χ4n) is 0.986. The molecule has 0 amide bonds. The third-order valence-corrected chi connectivity index (χ3v) is 2.67. The van der Waals surface area contributed by atoms with Crippen LogP contribution in [0.2, 0.25) is 19.6 Å². The first kappa shape index (κ1) is 12.0. The minimum atomic E-state index is -1.31. The van der Waals surface area contributed by atoms with Crippen molar-refractivity contribution < 1.29 is 5.11 Å². The highest BCUT2D eigenvalue weighted by atomic mass is 28.3. The Hall–Kier alpha value is -1.11. The van der Waals surface area contributed by atoms with E-state index < -0.39 is 14.2 Å². The molecule has 0 radical (unpaired) electrons. The Kier molecular flexibility index (Phi) is 3.67. The summed E-state index contributed by atoms with van der Waals surface area (Å²) in [5.41, 5.74) is 4.88. The van der Waals surface area contributed by atoms with Gasteiger partial charge in [-0.05, 0) is 19.1 Å². The van der Waals surface area contributed by atoms with E-state index in [1.54, 1.807) is 13.1 Å². The highest BCUT2D eigenvalue weighted by Gasteiger charge is 2.07. The maximum atomic E-state index is 9.28. The maximum Gasteiger partial charge on any atom is 0.129 e. The number of rotatable bonds is 1. The molecule has 0 saturated heterocycles. The van der Waals surface area contributed by atoms with E-state index in [4.69, 9.17) is 0 Å². The monoisotopic (exact) mass is 219 g/mol. The van der Waals surface area contributed by atoms with Crippen molar-refractivity contribution >= 4 is 8.07 Å². The van der Waals surface area contributed by atoms with Gasteiger partial charge in [0, 0.05) is 11.8 Å². The summed E-state index contributed by atoms with van der Waals surface area (Å²) >= 11 is 0. The molecule has 1 N–H and O–H groups in total. The van der Waals surface area contributed by atoms with E-state index in [0.717, 1.165) is 5.56 Å². The van der Waals surface area contributed by atoms with Gasteiger partial charge in [0.15, 0.2) is 0 Å². The number of aromatic nitrogens is 1. The summed E-state index contributed by atoms with van der Waals surface area (Å²) in [6, 6.07) is 3.72. The molecule has 0 bridgehead atoms. The molecule has 0 aliphatic carbocycles. The molecular formula is C12H17NOSi. The standard InChI is InChI=1S/C12H17NOSi/c1-10(14)12-6-5-11(9-13-12)7-8-15(2,3)4/h5-6,9-10,14H,1-4H3. The maximum absolute atomic E-state index is 9.28. The molecule has 1 rings (SSSR count). The number of pyridine rings is 1. The average Bonchev–Trinajstić information content (AvgIpc) is 2.14. The summed E-state index contributed by atoms with van der Waals surface area (Å²) in [5.74, 6) is 3.12.